The first kappa shape index (κ1) is 43.5. The number of benzene rings is 2. The number of halogens is 2. The van der Waals surface area contributed by atoms with Crippen LogP contribution < -0.4 is 0 Å². The molecular formula is C47H47Br2N10Zn-. The first-order valence-corrected chi connectivity index (χ1v) is 21.9. The van der Waals surface area contributed by atoms with Crippen molar-refractivity contribution in [3.63, 3.8) is 0 Å². The van der Waals surface area contributed by atoms with E-state index in [0.29, 0.717) is 17.7 Å². The molecule has 2 aromatic carbocycles. The van der Waals surface area contributed by atoms with Gasteiger partial charge in [0.15, 0.2) is 17.5 Å². The van der Waals surface area contributed by atoms with Gasteiger partial charge in [-0.2, -0.15) is 0 Å². The van der Waals surface area contributed by atoms with Gasteiger partial charge < -0.3 is 19.1 Å². The molecule has 0 amide bonds. The number of aromatic nitrogens is 10. The molecule has 2 fully saturated rings. The third-order valence-corrected chi connectivity index (χ3v) is 12.4. The van der Waals surface area contributed by atoms with Crippen molar-refractivity contribution in [2.75, 3.05) is 0 Å². The van der Waals surface area contributed by atoms with Gasteiger partial charge in [0, 0.05) is 98.9 Å². The van der Waals surface area contributed by atoms with Crippen LogP contribution in [0.2, 0.25) is 0 Å². The molecule has 10 nitrogen and oxygen atoms in total. The van der Waals surface area contributed by atoms with E-state index in [-0.39, 0.29) is 19.5 Å². The first-order chi connectivity index (χ1) is 28.7. The molecule has 0 unspecified atom stereocenters. The summed E-state index contributed by atoms with van der Waals surface area (Å²) in [5.74, 6) is 3.47. The van der Waals surface area contributed by atoms with Crippen LogP contribution in [-0.4, -0.2) is 49.0 Å². The third kappa shape index (κ3) is 9.33. The average molecular weight is 977 g/mol. The normalized spacial score (nSPS) is 14.1. The summed E-state index contributed by atoms with van der Waals surface area (Å²) < 4.78 is 6.34. The van der Waals surface area contributed by atoms with Crippen molar-refractivity contribution in [3.8, 4) is 34.4 Å². The zero-order valence-electron chi connectivity index (χ0n) is 34.8. The van der Waals surface area contributed by atoms with E-state index in [4.69, 9.17) is 9.97 Å². The molecule has 0 spiro atoms. The summed E-state index contributed by atoms with van der Waals surface area (Å²) >= 11 is 6.60. The Morgan fingerprint density at radius 1 is 0.517 bits per heavy atom. The van der Waals surface area contributed by atoms with E-state index in [9.17, 15) is 0 Å². The van der Waals surface area contributed by atoms with Crippen LogP contribution >= 0.6 is 31.9 Å². The van der Waals surface area contributed by atoms with Gasteiger partial charge >= 0.3 is 0 Å². The van der Waals surface area contributed by atoms with E-state index in [1.807, 2.05) is 44.1 Å². The van der Waals surface area contributed by atoms with Crippen LogP contribution in [-0.2, 0) is 33.6 Å². The fourth-order valence-electron chi connectivity index (χ4n) is 8.74. The van der Waals surface area contributed by atoms with Crippen LogP contribution in [0.3, 0.4) is 0 Å². The Bertz CT molecular complexity index is 2690. The Labute approximate surface area is 381 Å². The molecule has 2 saturated carbocycles. The summed E-state index contributed by atoms with van der Waals surface area (Å²) in [5.41, 5.74) is 12.2. The average Bonchev–Trinajstić information content (AvgIpc) is 4.07. The topological polar surface area (TPSA) is 113 Å². The fraction of sp³-hybridized carbons (Fsp3) is 0.319. The van der Waals surface area contributed by atoms with Crippen LogP contribution in [0.1, 0.15) is 91.0 Å². The van der Waals surface area contributed by atoms with E-state index in [1.54, 1.807) is 12.4 Å². The summed E-state index contributed by atoms with van der Waals surface area (Å²) in [5, 5.41) is 2.71. The minimum atomic E-state index is 0. The van der Waals surface area contributed by atoms with Gasteiger partial charge in [-0.1, -0.05) is 82.7 Å². The smallest absolute Gasteiger partial charge is 0.176 e. The van der Waals surface area contributed by atoms with Crippen LogP contribution in [0.15, 0.2) is 94.9 Å². The Morgan fingerprint density at radius 3 is 1.33 bits per heavy atom. The number of hydrogen-bond acceptors (Lipinski definition) is 8. The molecular weight excluding hydrogens is 930 g/mol. The van der Waals surface area contributed by atoms with Gasteiger partial charge in [0.05, 0.1) is 21.4 Å². The number of rotatable bonds is 5. The monoisotopic (exact) mass is 973 g/mol. The zero-order chi connectivity index (χ0) is 41.0. The number of nitrogens with zero attached hydrogens (tertiary/aromatic N) is 10. The Hall–Kier alpha value is -4.58. The van der Waals surface area contributed by atoms with Crippen molar-refractivity contribution in [1.82, 2.24) is 49.0 Å². The number of hydrogen-bond donors (Lipinski definition) is 0. The first-order valence-electron chi connectivity index (χ1n) is 20.3. The fourth-order valence-corrected chi connectivity index (χ4v) is 9.15. The molecule has 6 aromatic heterocycles. The third-order valence-electron chi connectivity index (χ3n) is 11.5. The van der Waals surface area contributed by atoms with Gasteiger partial charge in [-0.15, -0.1) is 0 Å². The van der Waals surface area contributed by atoms with E-state index < -0.39 is 0 Å². The molecule has 302 valence electrons. The van der Waals surface area contributed by atoms with Crippen molar-refractivity contribution in [3.05, 3.63) is 129 Å². The van der Waals surface area contributed by atoms with E-state index in [1.165, 1.54) is 101 Å². The van der Waals surface area contributed by atoms with Gasteiger partial charge in [-0.05, 0) is 114 Å². The summed E-state index contributed by atoms with van der Waals surface area (Å²) in [6.07, 6.45) is 27.0. The number of aryl methyl sites for hydroxylation is 5. The quantitative estimate of drug-likeness (QED) is 0.124. The van der Waals surface area contributed by atoms with Crippen molar-refractivity contribution in [2.45, 2.75) is 84.0 Å². The standard InChI is InChI=1S/C24H25N5.C19H20BrN3.C4H2BrN2.Zn/c1-15-8-9-19-20(10-15)29(3)22(21(19)17-6-4-5-7-17)24-27-13-18(14-28-24)23-25-11-16(2)12-26-23;1-12-7-8-15-16(9-12)23(2)18(17(15)13-5-3-4-6-13)19-21-10-14(20)11-22-19;5-4-1-6-3-7-2-4;/h8-14,17H,4-7H2,1-3H3;7-11,13H,3-6H2,1-2H3;1-2H;/q;;-1;. The number of fused-ring (bicyclic) bond motifs is 2. The van der Waals surface area contributed by atoms with Gasteiger partial charge in [0.25, 0.3) is 0 Å². The van der Waals surface area contributed by atoms with Gasteiger partial charge in [0.2, 0.25) is 0 Å². The van der Waals surface area contributed by atoms with Crippen LogP contribution in [0, 0.1) is 27.1 Å². The van der Waals surface area contributed by atoms with Gasteiger partial charge in [-0.25, -0.2) is 29.9 Å². The van der Waals surface area contributed by atoms with Crippen molar-refractivity contribution in [2.24, 2.45) is 14.1 Å². The minimum absolute atomic E-state index is 0. The van der Waals surface area contributed by atoms with Gasteiger partial charge in [0.1, 0.15) is 0 Å². The molecule has 6 heterocycles. The van der Waals surface area contributed by atoms with E-state index >= 15 is 0 Å². The summed E-state index contributed by atoms with van der Waals surface area (Å²) in [6.45, 7) is 6.28. The molecule has 2 aliphatic carbocycles. The maximum atomic E-state index is 4.75. The second-order valence-corrected chi connectivity index (χ2v) is 17.6. The molecule has 2 aliphatic rings. The molecule has 0 radical (unpaired) electrons. The molecule has 0 aliphatic heterocycles. The Balaban J connectivity index is 0.000000157. The summed E-state index contributed by atoms with van der Waals surface area (Å²) in [7, 11) is 4.27. The van der Waals surface area contributed by atoms with Crippen LogP contribution in [0.4, 0.5) is 0 Å². The second-order valence-electron chi connectivity index (χ2n) is 15.8. The maximum absolute atomic E-state index is 4.75. The molecule has 13 heteroatoms. The van der Waals surface area contributed by atoms with Crippen molar-refractivity contribution >= 4 is 53.7 Å². The Kier molecular flexibility index (Phi) is 14.1. The SMILES string of the molecule is Brc1cn[c-]nc1.Cc1ccc2c(C3CCCC3)c(-c3ncc(Br)cn3)n(C)c2c1.Cc1cnc(-c2cnc(-c3c(C4CCCC4)c4ccc(C)cc4n3C)nc2)nc1.[Zn]. The predicted molar refractivity (Wildman–Crippen MR) is 242 cm³/mol. The van der Waals surface area contributed by atoms with Crippen LogP contribution in [0.25, 0.3) is 56.2 Å². The van der Waals surface area contributed by atoms with Crippen molar-refractivity contribution < 1.29 is 19.5 Å². The molecule has 0 atom stereocenters. The molecule has 0 bridgehead atoms. The summed E-state index contributed by atoms with van der Waals surface area (Å²) in [6, 6.07) is 13.5. The summed E-state index contributed by atoms with van der Waals surface area (Å²) in [4.78, 5) is 34.7. The predicted octanol–water partition coefficient (Wildman–Crippen LogP) is 11.8. The second kappa shape index (κ2) is 19.4. The molecule has 0 saturated heterocycles. The molecule has 8 aromatic rings. The molecule has 60 heavy (non-hydrogen) atoms. The minimum Gasteiger partial charge on any atom is -0.373 e. The van der Waals surface area contributed by atoms with Crippen molar-refractivity contribution in [1.29, 1.82) is 0 Å². The largest absolute Gasteiger partial charge is 0.373 e. The van der Waals surface area contributed by atoms with E-state index in [0.717, 1.165) is 37.4 Å². The Morgan fingerprint density at radius 2 is 0.917 bits per heavy atom. The van der Waals surface area contributed by atoms with Gasteiger partial charge in [-0.3, -0.25) is 0 Å². The molecule has 0 N–H and O–H groups in total. The molecule has 10 rings (SSSR count). The van der Waals surface area contributed by atoms with Crippen LogP contribution in [0.5, 0.6) is 0 Å². The maximum Gasteiger partial charge on any atom is 0.176 e. The zero-order valence-corrected chi connectivity index (χ0v) is 41.0. The van der Waals surface area contributed by atoms with E-state index in [2.05, 4.69) is 142 Å².